The van der Waals surface area contributed by atoms with Crippen LogP contribution in [0.4, 0.5) is 5.69 Å². The van der Waals surface area contributed by atoms with Crippen molar-refractivity contribution in [3.8, 4) is 17.3 Å². The van der Waals surface area contributed by atoms with E-state index in [0.717, 1.165) is 5.56 Å². The van der Waals surface area contributed by atoms with Crippen molar-refractivity contribution in [2.75, 3.05) is 31.4 Å². The lowest BCUT2D eigenvalue weighted by molar-refractivity contribution is -0.113. The Bertz CT molecular complexity index is 1220. The zero-order valence-corrected chi connectivity index (χ0v) is 20.0. The minimum absolute atomic E-state index is 0.120. The maximum Gasteiger partial charge on any atom is 0.234 e. The van der Waals surface area contributed by atoms with Crippen molar-refractivity contribution in [3.63, 3.8) is 0 Å². The van der Waals surface area contributed by atoms with Gasteiger partial charge in [0.25, 0.3) is 0 Å². The molecule has 0 fully saturated rings. The van der Waals surface area contributed by atoms with Crippen LogP contribution in [-0.2, 0) is 16.1 Å². The van der Waals surface area contributed by atoms with Crippen LogP contribution >= 0.6 is 23.4 Å². The number of halogens is 1. The van der Waals surface area contributed by atoms with Crippen molar-refractivity contribution in [1.29, 1.82) is 0 Å². The van der Waals surface area contributed by atoms with E-state index in [9.17, 15) is 4.79 Å². The Hall–Kier alpha value is -3.27. The van der Waals surface area contributed by atoms with Crippen LogP contribution in [0.1, 0.15) is 5.56 Å². The minimum atomic E-state index is -0.224. The highest BCUT2D eigenvalue weighted by atomic mass is 35.5. The number of rotatable bonds is 11. The predicted molar refractivity (Wildman–Crippen MR) is 131 cm³/mol. The second-order valence-corrected chi connectivity index (χ2v) is 8.50. The zero-order chi connectivity index (χ0) is 23.8. The van der Waals surface area contributed by atoms with Crippen LogP contribution in [0.2, 0.25) is 5.02 Å². The Balaban J connectivity index is 1.48. The molecule has 0 unspecified atom stereocenters. The molecule has 2 aromatic heterocycles. The van der Waals surface area contributed by atoms with Gasteiger partial charge >= 0.3 is 0 Å². The number of anilines is 1. The van der Waals surface area contributed by atoms with Gasteiger partial charge in [0.05, 0.1) is 35.9 Å². The smallest absolute Gasteiger partial charge is 0.234 e. The largest absolute Gasteiger partial charge is 0.487 e. The number of hydrogen-bond acceptors (Lipinski definition) is 7. The molecule has 2 aromatic carbocycles. The fourth-order valence-corrected chi connectivity index (χ4v) is 4.16. The van der Waals surface area contributed by atoms with Crippen molar-refractivity contribution in [3.05, 3.63) is 77.5 Å². The van der Waals surface area contributed by atoms with Gasteiger partial charge < -0.3 is 19.2 Å². The molecule has 4 rings (SSSR count). The third-order valence-electron chi connectivity index (χ3n) is 4.75. The number of carbonyl (C=O) groups excluding carboxylic acids is 1. The van der Waals surface area contributed by atoms with E-state index in [1.54, 1.807) is 37.6 Å². The Kier molecular flexibility index (Phi) is 8.24. The summed E-state index contributed by atoms with van der Waals surface area (Å²) in [6.07, 6.45) is 1.59. The summed E-state index contributed by atoms with van der Waals surface area (Å²) in [7, 11) is 1.59. The first-order valence-electron chi connectivity index (χ1n) is 10.5. The molecule has 0 atom stereocenters. The maximum absolute atomic E-state index is 12.8. The number of benzene rings is 2. The number of ether oxygens (including phenoxy) is 2. The fraction of sp³-hybridized carbons (Fsp3) is 0.208. The molecule has 176 valence electrons. The SMILES string of the molecule is COCCOc1c(Cl)cccc1NC(=O)CSc1nnc(-c2ccco2)n1Cc1ccccc1. The Morgan fingerprint density at radius 3 is 2.71 bits per heavy atom. The van der Waals surface area contributed by atoms with Crippen LogP contribution in [0.15, 0.2) is 76.5 Å². The summed E-state index contributed by atoms with van der Waals surface area (Å²) in [4.78, 5) is 12.8. The molecule has 0 aliphatic rings. The van der Waals surface area contributed by atoms with Gasteiger partial charge in [0.2, 0.25) is 11.7 Å². The summed E-state index contributed by atoms with van der Waals surface area (Å²) in [5, 5.41) is 12.5. The molecule has 2 heterocycles. The summed E-state index contributed by atoms with van der Waals surface area (Å²) in [5.74, 6) is 1.51. The van der Waals surface area contributed by atoms with Crippen LogP contribution in [0.25, 0.3) is 11.6 Å². The number of para-hydroxylation sites is 1. The van der Waals surface area contributed by atoms with E-state index >= 15 is 0 Å². The number of carbonyl (C=O) groups is 1. The quantitative estimate of drug-likeness (QED) is 0.230. The summed E-state index contributed by atoms with van der Waals surface area (Å²) >= 11 is 7.55. The third kappa shape index (κ3) is 5.99. The number of nitrogens with zero attached hydrogens (tertiary/aromatic N) is 3. The maximum atomic E-state index is 12.8. The summed E-state index contributed by atoms with van der Waals surface area (Å²) in [6.45, 7) is 1.26. The first-order chi connectivity index (χ1) is 16.7. The molecule has 0 saturated heterocycles. The molecular formula is C24H23ClN4O4S. The standard InChI is InChI=1S/C24H23ClN4O4S/c1-31-13-14-33-22-18(25)9-5-10-19(22)26-21(30)16-34-24-28-27-23(20-11-6-12-32-20)29(24)15-17-7-3-2-4-8-17/h2-12H,13-16H2,1H3,(H,26,30). The minimum Gasteiger partial charge on any atom is -0.487 e. The Morgan fingerprint density at radius 1 is 1.09 bits per heavy atom. The van der Waals surface area contributed by atoms with Gasteiger partial charge in [-0.05, 0) is 29.8 Å². The van der Waals surface area contributed by atoms with E-state index in [1.165, 1.54) is 11.8 Å². The van der Waals surface area contributed by atoms with E-state index < -0.39 is 0 Å². The molecule has 34 heavy (non-hydrogen) atoms. The number of amides is 1. The molecule has 0 spiro atoms. The summed E-state index contributed by atoms with van der Waals surface area (Å²) in [6, 6.07) is 18.8. The van der Waals surface area contributed by atoms with Crippen LogP contribution in [0, 0.1) is 0 Å². The van der Waals surface area contributed by atoms with E-state index in [0.29, 0.717) is 53.0 Å². The van der Waals surface area contributed by atoms with Crippen molar-refractivity contribution < 1.29 is 18.7 Å². The molecule has 1 N–H and O–H groups in total. The molecule has 0 aliphatic heterocycles. The summed E-state index contributed by atoms with van der Waals surface area (Å²) < 4.78 is 18.2. The third-order valence-corrected chi connectivity index (χ3v) is 6.01. The van der Waals surface area contributed by atoms with Crippen LogP contribution in [0.5, 0.6) is 5.75 Å². The normalized spacial score (nSPS) is 10.9. The highest BCUT2D eigenvalue weighted by molar-refractivity contribution is 7.99. The lowest BCUT2D eigenvalue weighted by Crippen LogP contribution is -2.16. The lowest BCUT2D eigenvalue weighted by atomic mass is 10.2. The van der Waals surface area contributed by atoms with Gasteiger partial charge in [-0.3, -0.25) is 9.36 Å². The number of hydrogen-bond donors (Lipinski definition) is 1. The molecular weight excluding hydrogens is 476 g/mol. The van der Waals surface area contributed by atoms with E-state index in [2.05, 4.69) is 15.5 Å². The van der Waals surface area contributed by atoms with Gasteiger partial charge in [0.15, 0.2) is 16.7 Å². The predicted octanol–water partition coefficient (Wildman–Crippen LogP) is 5.00. The summed E-state index contributed by atoms with van der Waals surface area (Å²) in [5.41, 5.74) is 1.58. The average molecular weight is 499 g/mol. The van der Waals surface area contributed by atoms with Gasteiger partial charge in [-0.1, -0.05) is 59.8 Å². The van der Waals surface area contributed by atoms with Gasteiger partial charge in [-0.15, -0.1) is 10.2 Å². The topological polar surface area (TPSA) is 91.4 Å². The van der Waals surface area contributed by atoms with Crippen LogP contribution < -0.4 is 10.1 Å². The molecule has 0 bridgehead atoms. The molecule has 8 nitrogen and oxygen atoms in total. The second kappa shape index (κ2) is 11.7. The van der Waals surface area contributed by atoms with E-state index in [-0.39, 0.29) is 11.7 Å². The molecule has 0 aliphatic carbocycles. The van der Waals surface area contributed by atoms with Crippen molar-refractivity contribution in [2.24, 2.45) is 0 Å². The average Bonchev–Trinajstić information content (AvgIpc) is 3.50. The van der Waals surface area contributed by atoms with Gasteiger partial charge in [-0.2, -0.15) is 0 Å². The molecule has 0 saturated carbocycles. The fourth-order valence-electron chi connectivity index (χ4n) is 3.19. The van der Waals surface area contributed by atoms with Crippen molar-refractivity contribution in [1.82, 2.24) is 14.8 Å². The van der Waals surface area contributed by atoms with Crippen molar-refractivity contribution in [2.45, 2.75) is 11.7 Å². The van der Waals surface area contributed by atoms with Crippen molar-refractivity contribution >= 4 is 35.0 Å². The highest BCUT2D eigenvalue weighted by Crippen LogP contribution is 2.33. The first kappa shape index (κ1) is 23.9. The zero-order valence-electron chi connectivity index (χ0n) is 18.4. The number of thioether (sulfide) groups is 1. The number of methoxy groups -OCH3 is 1. The lowest BCUT2D eigenvalue weighted by Gasteiger charge is -2.14. The Morgan fingerprint density at radius 2 is 1.94 bits per heavy atom. The first-order valence-corrected chi connectivity index (χ1v) is 11.9. The van der Waals surface area contributed by atoms with Gasteiger partial charge in [0, 0.05) is 7.11 Å². The Labute approximate surface area is 206 Å². The van der Waals surface area contributed by atoms with E-state index in [4.69, 9.17) is 25.5 Å². The highest BCUT2D eigenvalue weighted by Gasteiger charge is 2.18. The van der Waals surface area contributed by atoms with Gasteiger partial charge in [-0.25, -0.2) is 0 Å². The van der Waals surface area contributed by atoms with Crippen LogP contribution in [0.3, 0.4) is 0 Å². The van der Waals surface area contributed by atoms with Gasteiger partial charge in [0.1, 0.15) is 6.61 Å². The van der Waals surface area contributed by atoms with Crippen LogP contribution in [-0.4, -0.2) is 46.7 Å². The number of aromatic nitrogens is 3. The molecule has 4 aromatic rings. The number of nitrogens with one attached hydrogen (secondary N) is 1. The van der Waals surface area contributed by atoms with E-state index in [1.807, 2.05) is 41.0 Å². The molecule has 1 amide bonds. The molecule has 0 radical (unpaired) electrons. The molecule has 10 heteroatoms. The second-order valence-electron chi connectivity index (χ2n) is 7.15. The number of furan rings is 1. The monoisotopic (exact) mass is 498 g/mol.